The normalized spacial score (nSPS) is 26.3. The van der Waals surface area contributed by atoms with Crippen LogP contribution in [0.2, 0.25) is 0 Å². The van der Waals surface area contributed by atoms with Gasteiger partial charge in [0.2, 0.25) is 0 Å². The Morgan fingerprint density at radius 1 is 1.50 bits per heavy atom. The molecule has 1 aromatic rings. The Labute approximate surface area is 108 Å². The molecule has 0 radical (unpaired) electrons. The van der Waals surface area contributed by atoms with Crippen molar-refractivity contribution in [2.45, 2.75) is 63.7 Å². The van der Waals surface area contributed by atoms with E-state index in [0.29, 0.717) is 12.1 Å². The van der Waals surface area contributed by atoms with Gasteiger partial charge < -0.3 is 9.47 Å². The Bertz CT molecular complexity index is 410. The van der Waals surface area contributed by atoms with Crippen molar-refractivity contribution in [1.82, 2.24) is 9.78 Å². The minimum atomic E-state index is 0.150. The summed E-state index contributed by atoms with van der Waals surface area (Å²) >= 11 is 0. The number of nitrogens with zero attached hydrogens (tertiary/aromatic N) is 2. The third-order valence-corrected chi connectivity index (χ3v) is 4.12. The summed E-state index contributed by atoms with van der Waals surface area (Å²) in [5, 5.41) is 4.31. The first kappa shape index (κ1) is 12.0. The Balaban J connectivity index is 1.61. The Hall–Kier alpha value is -1.03. The zero-order chi connectivity index (χ0) is 12.6. The summed E-state index contributed by atoms with van der Waals surface area (Å²) < 4.78 is 13.9. The van der Waals surface area contributed by atoms with Gasteiger partial charge in [-0.05, 0) is 33.1 Å². The number of aromatic nitrogens is 2. The van der Waals surface area contributed by atoms with Crippen molar-refractivity contribution >= 4 is 0 Å². The van der Waals surface area contributed by atoms with E-state index < -0.39 is 0 Å². The van der Waals surface area contributed by atoms with E-state index in [-0.39, 0.29) is 5.60 Å². The fourth-order valence-electron chi connectivity index (χ4n) is 2.86. The molecule has 0 bridgehead atoms. The number of rotatable bonds is 3. The molecule has 3 rings (SSSR count). The average Bonchev–Trinajstić information content (AvgIpc) is 2.76. The SMILES string of the molecule is CC(C)n1cc(OC2CCOC3(CCC3)C2)cn1. The molecule has 2 aliphatic rings. The lowest BCUT2D eigenvalue weighted by atomic mass is 9.74. The van der Waals surface area contributed by atoms with Gasteiger partial charge in [0, 0.05) is 18.9 Å². The summed E-state index contributed by atoms with van der Waals surface area (Å²) in [6.07, 6.45) is 9.86. The van der Waals surface area contributed by atoms with Gasteiger partial charge in [-0.25, -0.2) is 0 Å². The molecule has 2 fully saturated rings. The largest absolute Gasteiger partial charge is 0.487 e. The first-order valence-electron chi connectivity index (χ1n) is 7.02. The van der Waals surface area contributed by atoms with Crippen LogP contribution in [0.15, 0.2) is 12.4 Å². The smallest absolute Gasteiger partial charge is 0.157 e. The van der Waals surface area contributed by atoms with Gasteiger partial charge in [0.25, 0.3) is 0 Å². The molecule has 1 unspecified atom stereocenters. The summed E-state index contributed by atoms with van der Waals surface area (Å²) in [5.41, 5.74) is 0.150. The molecule has 2 heterocycles. The van der Waals surface area contributed by atoms with Crippen molar-refractivity contribution < 1.29 is 9.47 Å². The second kappa shape index (κ2) is 4.57. The van der Waals surface area contributed by atoms with Crippen LogP contribution in [0.25, 0.3) is 0 Å². The van der Waals surface area contributed by atoms with Crippen molar-refractivity contribution in [2.24, 2.45) is 0 Å². The third kappa shape index (κ3) is 2.26. The lowest BCUT2D eigenvalue weighted by Gasteiger charge is -2.46. The predicted octanol–water partition coefficient (Wildman–Crippen LogP) is 2.94. The molecular formula is C14H22N2O2. The van der Waals surface area contributed by atoms with E-state index in [4.69, 9.17) is 9.47 Å². The van der Waals surface area contributed by atoms with E-state index in [1.165, 1.54) is 19.3 Å². The Kier molecular flexibility index (Phi) is 3.06. The summed E-state index contributed by atoms with van der Waals surface area (Å²) in [6.45, 7) is 5.08. The summed E-state index contributed by atoms with van der Waals surface area (Å²) in [7, 11) is 0. The van der Waals surface area contributed by atoms with Crippen LogP contribution in [-0.4, -0.2) is 28.1 Å². The lowest BCUT2D eigenvalue weighted by Crippen LogP contribution is -2.48. The van der Waals surface area contributed by atoms with Crippen LogP contribution in [0.5, 0.6) is 5.75 Å². The van der Waals surface area contributed by atoms with Crippen LogP contribution in [0.1, 0.15) is 52.0 Å². The highest BCUT2D eigenvalue weighted by Crippen LogP contribution is 2.43. The molecule has 1 aliphatic heterocycles. The molecule has 4 nitrogen and oxygen atoms in total. The molecule has 1 atom stereocenters. The average molecular weight is 250 g/mol. The number of hydrogen-bond donors (Lipinski definition) is 0. The van der Waals surface area contributed by atoms with Crippen molar-refractivity contribution in [3.8, 4) is 5.75 Å². The van der Waals surface area contributed by atoms with E-state index in [9.17, 15) is 0 Å². The molecule has 0 amide bonds. The van der Waals surface area contributed by atoms with Crippen LogP contribution in [0.3, 0.4) is 0 Å². The molecule has 1 aromatic heterocycles. The Morgan fingerprint density at radius 2 is 2.33 bits per heavy atom. The molecule has 4 heteroatoms. The highest BCUT2D eigenvalue weighted by atomic mass is 16.5. The minimum absolute atomic E-state index is 0.150. The van der Waals surface area contributed by atoms with Gasteiger partial charge in [0.15, 0.2) is 5.75 Å². The van der Waals surface area contributed by atoms with Crippen LogP contribution in [0.4, 0.5) is 0 Å². The van der Waals surface area contributed by atoms with E-state index in [1.54, 1.807) is 0 Å². The standard InChI is InChI=1S/C14H22N2O2/c1-11(2)16-10-13(9-15-16)18-12-4-7-17-14(8-12)5-3-6-14/h9-12H,3-8H2,1-2H3. The molecule has 0 N–H and O–H groups in total. The zero-order valence-corrected chi connectivity index (χ0v) is 11.3. The lowest BCUT2D eigenvalue weighted by molar-refractivity contribution is -0.153. The topological polar surface area (TPSA) is 36.3 Å². The van der Waals surface area contributed by atoms with Crippen molar-refractivity contribution in [1.29, 1.82) is 0 Å². The highest BCUT2D eigenvalue weighted by Gasteiger charge is 2.43. The molecule has 1 saturated carbocycles. The zero-order valence-electron chi connectivity index (χ0n) is 11.3. The van der Waals surface area contributed by atoms with E-state index in [2.05, 4.69) is 18.9 Å². The maximum Gasteiger partial charge on any atom is 0.157 e. The highest BCUT2D eigenvalue weighted by molar-refractivity contribution is 5.13. The molecule has 1 saturated heterocycles. The summed E-state index contributed by atoms with van der Waals surface area (Å²) in [4.78, 5) is 0. The van der Waals surface area contributed by atoms with Crippen LogP contribution < -0.4 is 4.74 Å². The van der Waals surface area contributed by atoms with Crippen molar-refractivity contribution in [3.05, 3.63) is 12.4 Å². The molecule has 18 heavy (non-hydrogen) atoms. The van der Waals surface area contributed by atoms with Crippen LogP contribution in [0, 0.1) is 0 Å². The maximum absolute atomic E-state index is 6.05. The fourth-order valence-corrected chi connectivity index (χ4v) is 2.86. The monoisotopic (exact) mass is 250 g/mol. The maximum atomic E-state index is 6.05. The third-order valence-electron chi connectivity index (χ3n) is 4.12. The molecule has 0 aromatic carbocycles. The second-order valence-corrected chi connectivity index (χ2v) is 5.87. The van der Waals surface area contributed by atoms with Crippen molar-refractivity contribution in [2.75, 3.05) is 6.61 Å². The molecule has 1 spiro atoms. The van der Waals surface area contributed by atoms with Gasteiger partial charge in [-0.3, -0.25) is 4.68 Å². The van der Waals surface area contributed by atoms with Crippen LogP contribution >= 0.6 is 0 Å². The predicted molar refractivity (Wildman–Crippen MR) is 68.8 cm³/mol. The van der Waals surface area contributed by atoms with Gasteiger partial charge in [0.1, 0.15) is 6.10 Å². The van der Waals surface area contributed by atoms with Gasteiger partial charge in [-0.1, -0.05) is 0 Å². The molecule has 100 valence electrons. The molecular weight excluding hydrogens is 228 g/mol. The summed E-state index contributed by atoms with van der Waals surface area (Å²) in [6, 6.07) is 0.384. The van der Waals surface area contributed by atoms with E-state index in [1.807, 2.05) is 17.1 Å². The second-order valence-electron chi connectivity index (χ2n) is 5.87. The van der Waals surface area contributed by atoms with Gasteiger partial charge in [-0.2, -0.15) is 5.10 Å². The summed E-state index contributed by atoms with van der Waals surface area (Å²) in [5.74, 6) is 0.894. The van der Waals surface area contributed by atoms with E-state index >= 15 is 0 Å². The Morgan fingerprint density at radius 3 is 2.94 bits per heavy atom. The van der Waals surface area contributed by atoms with Gasteiger partial charge in [0.05, 0.1) is 24.6 Å². The number of hydrogen-bond acceptors (Lipinski definition) is 3. The van der Waals surface area contributed by atoms with Gasteiger partial charge in [-0.15, -0.1) is 0 Å². The van der Waals surface area contributed by atoms with E-state index in [0.717, 1.165) is 25.2 Å². The first-order valence-corrected chi connectivity index (χ1v) is 7.02. The quantitative estimate of drug-likeness (QED) is 0.827. The first-order chi connectivity index (χ1) is 8.67. The van der Waals surface area contributed by atoms with Crippen LogP contribution in [-0.2, 0) is 4.74 Å². The molecule has 1 aliphatic carbocycles. The van der Waals surface area contributed by atoms with Gasteiger partial charge >= 0.3 is 0 Å². The minimum Gasteiger partial charge on any atom is -0.487 e. The van der Waals surface area contributed by atoms with Crippen molar-refractivity contribution in [3.63, 3.8) is 0 Å². The fraction of sp³-hybridized carbons (Fsp3) is 0.786. The number of ether oxygens (including phenoxy) is 2.